The number of carboxylic acids is 1. The van der Waals surface area contributed by atoms with Gasteiger partial charge < -0.3 is 20.6 Å². The molecule has 0 spiro atoms. The van der Waals surface area contributed by atoms with Crippen LogP contribution < -0.4 is 15.5 Å². The molecule has 0 radical (unpaired) electrons. The van der Waals surface area contributed by atoms with E-state index in [0.717, 1.165) is 34.5 Å². The smallest absolute Gasteiger partial charge is 0.326 e. The number of nitrogens with zero attached hydrogens (tertiary/aromatic N) is 2. The first-order valence-electron chi connectivity index (χ1n) is 15.0. The van der Waals surface area contributed by atoms with Crippen molar-refractivity contribution in [1.29, 1.82) is 0 Å². The highest BCUT2D eigenvalue weighted by Gasteiger charge is 2.40. The molecule has 2 heterocycles. The number of carbonyl (C=O) groups excluding carboxylic acids is 3. The number of likely N-dealkylation sites (tertiary alicyclic amines) is 1. The van der Waals surface area contributed by atoms with Crippen LogP contribution in [0.4, 0.5) is 21.9 Å². The Morgan fingerprint density at radius 1 is 0.778 bits per heavy atom. The van der Waals surface area contributed by atoms with E-state index in [1.165, 1.54) is 0 Å². The second-order valence-electron chi connectivity index (χ2n) is 11.5. The number of aliphatic carboxylic acids is 1. The Balaban J connectivity index is 0.994. The third kappa shape index (κ3) is 6.72. The lowest BCUT2D eigenvalue weighted by Crippen LogP contribution is -2.33. The molecular weight excluding hydrogens is 568 g/mol. The number of nitrogens with one attached hydrogen (secondary N) is 2. The van der Waals surface area contributed by atoms with Crippen molar-refractivity contribution in [3.8, 4) is 0 Å². The Morgan fingerprint density at radius 3 is 2.20 bits per heavy atom. The van der Waals surface area contributed by atoms with E-state index in [2.05, 4.69) is 10.6 Å². The number of fused-ring (bicyclic) bond motifs is 1. The van der Waals surface area contributed by atoms with Gasteiger partial charge in [-0.05, 0) is 65.6 Å². The average Bonchev–Trinajstić information content (AvgIpc) is 3.71. The van der Waals surface area contributed by atoms with Crippen LogP contribution in [-0.2, 0) is 22.4 Å². The summed E-state index contributed by atoms with van der Waals surface area (Å²) >= 11 is 0. The fourth-order valence-corrected chi connectivity index (χ4v) is 6.11. The molecule has 1 saturated heterocycles. The van der Waals surface area contributed by atoms with Crippen LogP contribution >= 0.6 is 0 Å². The number of Topliss-reactive ketones (excluding diaryl/α,β-unsaturated/α-hetero) is 1. The molecule has 0 bridgehead atoms. The van der Waals surface area contributed by atoms with Crippen molar-refractivity contribution in [2.75, 3.05) is 41.7 Å². The van der Waals surface area contributed by atoms with Gasteiger partial charge >= 0.3 is 12.0 Å². The van der Waals surface area contributed by atoms with Crippen molar-refractivity contribution in [1.82, 2.24) is 4.90 Å². The van der Waals surface area contributed by atoms with Crippen LogP contribution in [0.25, 0.3) is 0 Å². The molecule has 9 heteroatoms. The Bertz CT molecular complexity index is 1710. The van der Waals surface area contributed by atoms with Crippen molar-refractivity contribution >= 4 is 40.8 Å². The molecule has 2 unspecified atom stereocenters. The molecule has 0 aliphatic carbocycles. The molecule has 1 fully saturated rings. The number of ketones is 1. The maximum atomic E-state index is 12.9. The number of hydrogen-bond donors (Lipinski definition) is 3. The Labute approximate surface area is 261 Å². The summed E-state index contributed by atoms with van der Waals surface area (Å²) in [6.07, 6.45) is 1.08. The third-order valence-electron chi connectivity index (χ3n) is 8.51. The summed E-state index contributed by atoms with van der Waals surface area (Å²) in [5.74, 6) is -2.13. The zero-order valence-corrected chi connectivity index (χ0v) is 24.7. The van der Waals surface area contributed by atoms with E-state index in [1.807, 2.05) is 66.7 Å². The van der Waals surface area contributed by atoms with Crippen molar-refractivity contribution in [2.24, 2.45) is 5.92 Å². The van der Waals surface area contributed by atoms with E-state index in [0.29, 0.717) is 24.3 Å². The predicted octanol–water partition coefficient (Wildman–Crippen LogP) is 5.45. The minimum Gasteiger partial charge on any atom is -0.481 e. The van der Waals surface area contributed by atoms with Gasteiger partial charge in [0.25, 0.3) is 5.91 Å². The van der Waals surface area contributed by atoms with Gasteiger partial charge in [0.2, 0.25) is 0 Å². The molecule has 2 aliphatic rings. The predicted molar refractivity (Wildman–Crippen MR) is 173 cm³/mol. The lowest BCUT2D eigenvalue weighted by Gasteiger charge is -2.18. The van der Waals surface area contributed by atoms with Crippen LogP contribution in [0.3, 0.4) is 0 Å². The van der Waals surface area contributed by atoms with Crippen LogP contribution in [0.5, 0.6) is 0 Å². The minimum atomic E-state index is -0.927. The van der Waals surface area contributed by atoms with E-state index >= 15 is 0 Å². The number of amides is 3. The fraction of sp³-hybridized carbons (Fsp3) is 0.222. The first kappa shape index (κ1) is 29.6. The van der Waals surface area contributed by atoms with Crippen molar-refractivity contribution in [2.45, 2.75) is 18.8 Å². The molecule has 228 valence electrons. The van der Waals surface area contributed by atoms with E-state index in [-0.39, 0.29) is 43.1 Å². The first-order chi connectivity index (χ1) is 21.9. The van der Waals surface area contributed by atoms with Gasteiger partial charge in [0.05, 0.1) is 12.5 Å². The number of benzene rings is 4. The van der Waals surface area contributed by atoms with Crippen LogP contribution in [0.2, 0.25) is 0 Å². The number of carbonyl (C=O) groups is 4. The van der Waals surface area contributed by atoms with E-state index in [4.69, 9.17) is 0 Å². The van der Waals surface area contributed by atoms with E-state index < -0.39 is 11.9 Å². The van der Waals surface area contributed by atoms with Crippen molar-refractivity contribution < 1.29 is 24.3 Å². The summed E-state index contributed by atoms with van der Waals surface area (Å²) in [4.78, 5) is 53.8. The zero-order valence-electron chi connectivity index (χ0n) is 24.7. The summed E-state index contributed by atoms with van der Waals surface area (Å²) in [5.41, 5.74) is 5.73. The Kier molecular flexibility index (Phi) is 8.59. The van der Waals surface area contributed by atoms with Gasteiger partial charge in [-0.3, -0.25) is 19.3 Å². The summed E-state index contributed by atoms with van der Waals surface area (Å²) < 4.78 is 0. The Hall–Kier alpha value is -5.44. The first-order valence-corrected chi connectivity index (χ1v) is 15.0. The number of rotatable bonds is 9. The van der Waals surface area contributed by atoms with Crippen LogP contribution in [0, 0.1) is 5.92 Å². The zero-order chi connectivity index (χ0) is 31.3. The summed E-state index contributed by atoms with van der Waals surface area (Å²) in [7, 11) is 0. The topological polar surface area (TPSA) is 119 Å². The maximum absolute atomic E-state index is 12.9. The van der Waals surface area contributed by atoms with Crippen molar-refractivity contribution in [3.63, 3.8) is 0 Å². The molecule has 3 N–H and O–H groups in total. The molecule has 4 aromatic rings. The normalized spacial score (nSPS) is 17.1. The molecule has 9 nitrogen and oxygen atoms in total. The van der Waals surface area contributed by atoms with Gasteiger partial charge in [-0.15, -0.1) is 0 Å². The molecule has 2 atom stereocenters. The second kappa shape index (κ2) is 13.1. The molecular formula is C36H34N4O5. The largest absolute Gasteiger partial charge is 0.481 e. The number of anilines is 3. The molecule has 0 aromatic heterocycles. The van der Waals surface area contributed by atoms with Gasteiger partial charge in [-0.25, -0.2) is 4.79 Å². The molecule has 6 rings (SSSR count). The number of carboxylic acid groups (broad SMARTS) is 1. The SMILES string of the molecule is O=C(CNc1ccc(C2CN(C(=O)c3ccccc3)CC2C(=O)O)cc1)Cc1ccc(NC(=O)N2CCc3ccccc32)cc1. The summed E-state index contributed by atoms with van der Waals surface area (Å²) in [6.45, 7) is 1.26. The lowest BCUT2D eigenvalue weighted by molar-refractivity contribution is -0.141. The standard InChI is InChI=1S/C36H34N4O5/c41-30(20-24-10-14-29(15-11-24)38-36(45)40-19-18-26-6-4-5-9-33(26)40)21-37-28-16-12-25(13-17-28)31-22-39(23-32(31)35(43)44)34(42)27-7-2-1-3-8-27/h1-17,31-32,37H,18-23H2,(H,38,45)(H,43,44). The molecule has 0 saturated carbocycles. The average molecular weight is 603 g/mol. The van der Waals surface area contributed by atoms with Crippen LogP contribution in [-0.4, -0.2) is 59.9 Å². The minimum absolute atomic E-state index is 0.00124. The summed E-state index contributed by atoms with van der Waals surface area (Å²) in [6, 6.07) is 31.3. The van der Waals surface area contributed by atoms with E-state index in [1.54, 1.807) is 46.2 Å². The third-order valence-corrected chi connectivity index (χ3v) is 8.51. The summed E-state index contributed by atoms with van der Waals surface area (Å²) in [5, 5.41) is 15.9. The molecule has 45 heavy (non-hydrogen) atoms. The molecule has 3 amide bonds. The lowest BCUT2D eigenvalue weighted by atomic mass is 9.89. The van der Waals surface area contributed by atoms with E-state index in [9.17, 15) is 24.3 Å². The quantitative estimate of drug-likeness (QED) is 0.235. The molecule has 2 aliphatic heterocycles. The highest BCUT2D eigenvalue weighted by Crippen LogP contribution is 2.34. The van der Waals surface area contributed by atoms with Gasteiger partial charge in [-0.1, -0.05) is 60.7 Å². The molecule has 4 aromatic carbocycles. The second-order valence-corrected chi connectivity index (χ2v) is 11.5. The fourth-order valence-electron chi connectivity index (χ4n) is 6.11. The van der Waals surface area contributed by atoms with Gasteiger partial charge in [-0.2, -0.15) is 0 Å². The maximum Gasteiger partial charge on any atom is 0.326 e. The Morgan fingerprint density at radius 2 is 1.47 bits per heavy atom. The highest BCUT2D eigenvalue weighted by molar-refractivity contribution is 6.03. The van der Waals surface area contributed by atoms with Crippen LogP contribution in [0.1, 0.15) is 33.0 Å². The van der Waals surface area contributed by atoms with Crippen LogP contribution in [0.15, 0.2) is 103 Å². The van der Waals surface area contributed by atoms with Crippen molar-refractivity contribution in [3.05, 3.63) is 125 Å². The number of para-hydroxylation sites is 1. The highest BCUT2D eigenvalue weighted by atomic mass is 16.4. The monoisotopic (exact) mass is 602 g/mol. The van der Waals surface area contributed by atoms with Gasteiger partial charge in [0, 0.05) is 54.6 Å². The number of hydrogen-bond acceptors (Lipinski definition) is 5. The van der Waals surface area contributed by atoms with Gasteiger partial charge in [0.15, 0.2) is 5.78 Å². The van der Waals surface area contributed by atoms with Gasteiger partial charge in [0.1, 0.15) is 0 Å². The number of urea groups is 1.